The molecule has 2 heteroatoms. The Balaban J connectivity index is 1.86. The van der Waals surface area contributed by atoms with E-state index in [9.17, 15) is 0 Å². The third-order valence-electron chi connectivity index (χ3n) is 3.60. The van der Waals surface area contributed by atoms with Gasteiger partial charge in [-0.1, -0.05) is 47.8 Å². The van der Waals surface area contributed by atoms with Crippen molar-refractivity contribution in [2.75, 3.05) is 0 Å². The molecule has 2 rings (SSSR count). The lowest BCUT2D eigenvalue weighted by Gasteiger charge is -2.17. The summed E-state index contributed by atoms with van der Waals surface area (Å²) in [5.41, 5.74) is 2.68. The van der Waals surface area contributed by atoms with Crippen molar-refractivity contribution < 1.29 is 0 Å². The second-order valence-electron chi connectivity index (χ2n) is 5.26. The van der Waals surface area contributed by atoms with Crippen molar-refractivity contribution in [1.29, 1.82) is 0 Å². The summed E-state index contributed by atoms with van der Waals surface area (Å²) >= 11 is 3.64. The minimum atomic E-state index is 0.690. The maximum Gasteiger partial charge on any atom is 0.0222 e. The Hall–Kier alpha value is -0.340. The smallest absolute Gasteiger partial charge is 0.0222 e. The van der Waals surface area contributed by atoms with Gasteiger partial charge in [0.2, 0.25) is 0 Å². The molecular weight excluding hydrogens is 274 g/mol. The zero-order valence-corrected chi connectivity index (χ0v) is 12.4. The highest BCUT2D eigenvalue weighted by molar-refractivity contribution is 9.10. The van der Waals surface area contributed by atoms with Crippen molar-refractivity contribution in [3.63, 3.8) is 0 Å². The molecule has 1 aromatic carbocycles. The second kappa shape index (κ2) is 6.01. The van der Waals surface area contributed by atoms with Gasteiger partial charge < -0.3 is 5.32 Å². The van der Waals surface area contributed by atoms with Crippen LogP contribution in [0.5, 0.6) is 0 Å². The fourth-order valence-corrected chi connectivity index (χ4v) is 2.83. The third kappa shape index (κ3) is 4.11. The molecule has 0 aliphatic heterocycles. The molecule has 1 aliphatic rings. The topological polar surface area (TPSA) is 12.0 Å². The lowest BCUT2D eigenvalue weighted by molar-refractivity contribution is 0.444. The van der Waals surface area contributed by atoms with Crippen molar-refractivity contribution >= 4 is 15.9 Å². The molecule has 94 valence electrons. The van der Waals surface area contributed by atoms with Gasteiger partial charge in [0, 0.05) is 17.1 Å². The van der Waals surface area contributed by atoms with Gasteiger partial charge in [0.15, 0.2) is 0 Å². The normalized spacial score (nSPS) is 17.1. The minimum Gasteiger partial charge on any atom is -0.310 e. The van der Waals surface area contributed by atoms with Crippen LogP contribution in [0.1, 0.15) is 43.7 Å². The van der Waals surface area contributed by atoms with Crippen molar-refractivity contribution in [2.45, 2.75) is 52.1 Å². The first kappa shape index (κ1) is 13.1. The zero-order valence-electron chi connectivity index (χ0n) is 10.8. The summed E-state index contributed by atoms with van der Waals surface area (Å²) in [6.07, 6.45) is 5.50. The predicted molar refractivity (Wildman–Crippen MR) is 77.1 cm³/mol. The second-order valence-corrected chi connectivity index (χ2v) is 6.11. The molecule has 0 heterocycles. The van der Waals surface area contributed by atoms with Gasteiger partial charge in [-0.05, 0) is 42.9 Å². The number of benzene rings is 1. The lowest BCUT2D eigenvalue weighted by Crippen LogP contribution is -2.28. The molecule has 1 saturated carbocycles. The number of rotatable bonds is 6. The first-order valence-corrected chi connectivity index (χ1v) is 7.46. The van der Waals surface area contributed by atoms with Crippen LogP contribution in [0.2, 0.25) is 0 Å². The Morgan fingerprint density at radius 2 is 2.18 bits per heavy atom. The number of nitrogens with one attached hydrogen (secondary N) is 1. The molecule has 1 fully saturated rings. The Labute approximate surface area is 113 Å². The molecule has 1 aliphatic carbocycles. The summed E-state index contributed by atoms with van der Waals surface area (Å²) in [6, 6.07) is 7.29. The van der Waals surface area contributed by atoms with Crippen molar-refractivity contribution in [3.8, 4) is 0 Å². The van der Waals surface area contributed by atoms with Crippen LogP contribution in [0, 0.1) is 12.8 Å². The highest BCUT2D eigenvalue weighted by Crippen LogP contribution is 2.34. The average molecular weight is 296 g/mol. The summed E-state index contributed by atoms with van der Waals surface area (Å²) in [5.74, 6) is 1.01. The number of aryl methyl sites for hydroxylation is 1. The maximum atomic E-state index is 3.69. The minimum absolute atomic E-state index is 0.690. The van der Waals surface area contributed by atoms with Gasteiger partial charge in [-0.3, -0.25) is 0 Å². The Kier molecular flexibility index (Phi) is 4.63. The molecule has 0 radical (unpaired) electrons. The van der Waals surface area contributed by atoms with Gasteiger partial charge in [0.1, 0.15) is 0 Å². The van der Waals surface area contributed by atoms with Crippen molar-refractivity contribution in [1.82, 2.24) is 5.32 Å². The molecular formula is C15H22BrN. The van der Waals surface area contributed by atoms with Crippen LogP contribution in [-0.2, 0) is 6.54 Å². The van der Waals surface area contributed by atoms with E-state index in [-0.39, 0.29) is 0 Å². The van der Waals surface area contributed by atoms with Gasteiger partial charge in [0.05, 0.1) is 0 Å². The van der Waals surface area contributed by atoms with E-state index >= 15 is 0 Å². The number of hydrogen-bond donors (Lipinski definition) is 1. The molecule has 0 saturated heterocycles. The Morgan fingerprint density at radius 3 is 2.76 bits per heavy atom. The Morgan fingerprint density at radius 1 is 1.41 bits per heavy atom. The molecule has 0 aromatic heterocycles. The highest BCUT2D eigenvalue weighted by atomic mass is 79.9. The van der Waals surface area contributed by atoms with Crippen molar-refractivity contribution in [2.24, 2.45) is 5.92 Å². The maximum absolute atomic E-state index is 3.69. The SMILES string of the molecule is CCC(CC1CC1)NCc1ccc(C)cc1Br. The molecule has 0 bridgehead atoms. The first-order chi connectivity index (χ1) is 8.19. The quantitative estimate of drug-likeness (QED) is 0.819. The lowest BCUT2D eigenvalue weighted by atomic mass is 10.1. The van der Waals surface area contributed by atoms with Crippen molar-refractivity contribution in [3.05, 3.63) is 33.8 Å². The molecule has 0 spiro atoms. The monoisotopic (exact) mass is 295 g/mol. The molecule has 1 unspecified atom stereocenters. The van der Waals surface area contributed by atoms with Crippen LogP contribution in [0.4, 0.5) is 0 Å². The molecule has 17 heavy (non-hydrogen) atoms. The van der Waals surface area contributed by atoms with Crippen LogP contribution in [-0.4, -0.2) is 6.04 Å². The number of halogens is 1. The fraction of sp³-hybridized carbons (Fsp3) is 0.600. The van der Waals surface area contributed by atoms with Crippen LogP contribution in [0.15, 0.2) is 22.7 Å². The zero-order chi connectivity index (χ0) is 12.3. The standard InChI is InChI=1S/C15H22BrN/c1-3-14(9-12-5-6-12)17-10-13-7-4-11(2)8-15(13)16/h4,7-8,12,14,17H,3,5-6,9-10H2,1-2H3. The van der Waals surface area contributed by atoms with E-state index in [4.69, 9.17) is 0 Å². The fourth-order valence-electron chi connectivity index (χ4n) is 2.20. The molecule has 1 N–H and O–H groups in total. The van der Waals surface area contributed by atoms with E-state index in [0.717, 1.165) is 12.5 Å². The van der Waals surface area contributed by atoms with Gasteiger partial charge in [-0.15, -0.1) is 0 Å². The van der Waals surface area contributed by atoms with Gasteiger partial charge in [0.25, 0.3) is 0 Å². The summed E-state index contributed by atoms with van der Waals surface area (Å²) in [7, 11) is 0. The van der Waals surface area contributed by atoms with Gasteiger partial charge in [-0.2, -0.15) is 0 Å². The average Bonchev–Trinajstić information content (AvgIpc) is 3.10. The third-order valence-corrected chi connectivity index (χ3v) is 4.34. The summed E-state index contributed by atoms with van der Waals surface area (Å²) in [4.78, 5) is 0. The summed E-state index contributed by atoms with van der Waals surface area (Å²) in [6.45, 7) is 5.39. The van der Waals surface area contributed by atoms with E-state index in [2.05, 4.69) is 53.3 Å². The van der Waals surface area contributed by atoms with E-state index in [1.54, 1.807) is 0 Å². The highest BCUT2D eigenvalue weighted by Gasteiger charge is 2.24. The van der Waals surface area contributed by atoms with Gasteiger partial charge >= 0.3 is 0 Å². The van der Waals surface area contributed by atoms with E-state index in [1.807, 2.05) is 0 Å². The number of hydrogen-bond acceptors (Lipinski definition) is 1. The van der Waals surface area contributed by atoms with E-state index in [0.29, 0.717) is 6.04 Å². The van der Waals surface area contributed by atoms with Crippen LogP contribution in [0.3, 0.4) is 0 Å². The Bertz CT molecular complexity index is 371. The summed E-state index contributed by atoms with van der Waals surface area (Å²) < 4.78 is 1.23. The first-order valence-electron chi connectivity index (χ1n) is 6.67. The molecule has 1 aromatic rings. The van der Waals surface area contributed by atoms with E-state index in [1.165, 1.54) is 41.3 Å². The van der Waals surface area contributed by atoms with E-state index < -0.39 is 0 Å². The van der Waals surface area contributed by atoms with Crippen LogP contribution in [0.25, 0.3) is 0 Å². The van der Waals surface area contributed by atoms with Crippen LogP contribution < -0.4 is 5.32 Å². The molecule has 1 atom stereocenters. The molecule has 1 nitrogen and oxygen atoms in total. The molecule has 0 amide bonds. The largest absolute Gasteiger partial charge is 0.310 e. The predicted octanol–water partition coefficient (Wildman–Crippen LogP) is 4.43. The van der Waals surface area contributed by atoms with Gasteiger partial charge in [-0.25, -0.2) is 0 Å². The van der Waals surface area contributed by atoms with Crippen LogP contribution >= 0.6 is 15.9 Å². The summed E-state index contributed by atoms with van der Waals surface area (Å²) in [5, 5.41) is 3.69.